The molecule has 0 spiro atoms. The second-order valence-electron chi connectivity index (χ2n) is 5.70. The van der Waals surface area contributed by atoms with Crippen LogP contribution in [-0.4, -0.2) is 22.1 Å². The molecule has 0 fully saturated rings. The van der Waals surface area contributed by atoms with Crippen molar-refractivity contribution in [3.05, 3.63) is 76.3 Å². The third-order valence-corrected chi connectivity index (χ3v) is 4.97. The van der Waals surface area contributed by atoms with E-state index in [2.05, 4.69) is 48.7 Å². The van der Waals surface area contributed by atoms with Gasteiger partial charge in [-0.2, -0.15) is 0 Å². The molecule has 1 aliphatic heterocycles. The zero-order valence-electron chi connectivity index (χ0n) is 12.9. The molecule has 0 saturated heterocycles. The minimum absolute atomic E-state index is 0.0380. The van der Waals surface area contributed by atoms with Gasteiger partial charge >= 0.3 is 0 Å². The lowest BCUT2D eigenvalue weighted by atomic mass is 9.87. The molecule has 0 bridgehead atoms. The minimum Gasteiger partial charge on any atom is -0.334 e. The van der Waals surface area contributed by atoms with E-state index in [0.29, 0.717) is 0 Å². The largest absolute Gasteiger partial charge is 0.334 e. The maximum Gasteiger partial charge on any atom is 0.233 e. The van der Waals surface area contributed by atoms with Gasteiger partial charge in [0.2, 0.25) is 5.70 Å². The van der Waals surface area contributed by atoms with Crippen molar-refractivity contribution in [3.63, 3.8) is 0 Å². The number of nitrogens with two attached hydrogens (primary N) is 1. The predicted molar refractivity (Wildman–Crippen MR) is 96.4 cm³/mol. The van der Waals surface area contributed by atoms with Crippen LogP contribution in [0.15, 0.2) is 48.5 Å². The Morgan fingerprint density at radius 3 is 2.65 bits per heavy atom. The molecule has 0 saturated carbocycles. The Hall–Kier alpha value is -2.24. The Labute approximate surface area is 140 Å². The van der Waals surface area contributed by atoms with Crippen LogP contribution >= 0.6 is 11.9 Å². The standard InChI is InChI=1S/C18H18N4S/c1-21-17-13-8-4-3-7-12(13)11-16(19)14-9-5-6-10-15(14)18(17)22(20-21)23-2/h3-10,16H,1,11,19H2,2H3. The maximum absolute atomic E-state index is 6.53. The second-order valence-corrected chi connectivity index (χ2v) is 6.41. The fraction of sp³-hybridized carbons (Fsp3) is 0.167. The molecule has 0 aromatic heterocycles. The second kappa shape index (κ2) is 5.44. The van der Waals surface area contributed by atoms with Crippen LogP contribution in [0, 0.1) is 0 Å². The smallest absolute Gasteiger partial charge is 0.233 e. The summed E-state index contributed by atoms with van der Waals surface area (Å²) in [5.74, 6) is 0. The molecule has 2 aromatic rings. The summed E-state index contributed by atoms with van der Waals surface area (Å²) in [7, 11) is 0. The molecule has 1 heterocycles. The third kappa shape index (κ3) is 2.16. The quantitative estimate of drug-likeness (QED) is 0.645. The predicted octanol–water partition coefficient (Wildman–Crippen LogP) is 3.58. The summed E-state index contributed by atoms with van der Waals surface area (Å²) in [6.45, 7) is 4.11. The Morgan fingerprint density at radius 2 is 1.87 bits per heavy atom. The van der Waals surface area contributed by atoms with E-state index in [1.165, 1.54) is 5.56 Å². The molecule has 23 heavy (non-hydrogen) atoms. The van der Waals surface area contributed by atoms with Crippen molar-refractivity contribution in [1.82, 2.24) is 4.41 Å². The van der Waals surface area contributed by atoms with Crippen LogP contribution in [0.25, 0.3) is 16.9 Å². The summed E-state index contributed by atoms with van der Waals surface area (Å²) >= 11 is 1.56. The first kappa shape index (κ1) is 14.4. The van der Waals surface area contributed by atoms with E-state index in [1.807, 2.05) is 22.8 Å². The van der Waals surface area contributed by atoms with Gasteiger partial charge in [0.05, 0.1) is 5.56 Å². The van der Waals surface area contributed by atoms with Gasteiger partial charge in [-0.25, -0.2) is 4.68 Å². The zero-order valence-corrected chi connectivity index (χ0v) is 13.8. The topological polar surface area (TPSA) is 46.4 Å². The molecule has 0 radical (unpaired) electrons. The lowest BCUT2D eigenvalue weighted by Crippen LogP contribution is -2.19. The summed E-state index contributed by atoms with van der Waals surface area (Å²) < 4.78 is 3.65. The zero-order chi connectivity index (χ0) is 16.0. The molecule has 4 nitrogen and oxygen atoms in total. The SMILES string of the molecule is C=[N+]1[N-]N(SC)C2=C1c1ccccc1CC(N)c1ccccc12. The molecule has 1 aliphatic carbocycles. The van der Waals surface area contributed by atoms with Crippen molar-refractivity contribution >= 4 is 30.1 Å². The highest BCUT2D eigenvalue weighted by atomic mass is 32.2. The molecule has 0 amide bonds. The first-order valence-corrected chi connectivity index (χ1v) is 8.72. The molecule has 2 aromatic carbocycles. The van der Waals surface area contributed by atoms with E-state index in [4.69, 9.17) is 5.73 Å². The van der Waals surface area contributed by atoms with E-state index in [-0.39, 0.29) is 6.04 Å². The number of hydrogen-bond acceptors (Lipinski definition) is 3. The number of rotatable bonds is 1. The lowest BCUT2D eigenvalue weighted by molar-refractivity contribution is -0.368. The van der Waals surface area contributed by atoms with Crippen LogP contribution in [0.5, 0.6) is 0 Å². The van der Waals surface area contributed by atoms with Gasteiger partial charge in [-0.15, -0.1) is 0 Å². The average molecular weight is 322 g/mol. The minimum atomic E-state index is -0.0380. The van der Waals surface area contributed by atoms with Gasteiger partial charge in [0.1, 0.15) is 12.4 Å². The Morgan fingerprint density at radius 1 is 1.17 bits per heavy atom. The van der Waals surface area contributed by atoms with Gasteiger partial charge in [0.15, 0.2) is 0 Å². The number of benzene rings is 2. The molecule has 2 N–H and O–H groups in total. The number of hydrogen-bond donors (Lipinski definition) is 1. The first-order chi connectivity index (χ1) is 11.2. The molecule has 2 aliphatic rings. The van der Waals surface area contributed by atoms with Gasteiger partial charge in [-0.05, 0) is 23.6 Å². The fourth-order valence-electron chi connectivity index (χ4n) is 3.34. The van der Waals surface area contributed by atoms with Gasteiger partial charge < -0.3 is 15.7 Å². The summed E-state index contributed by atoms with van der Waals surface area (Å²) in [6, 6.07) is 16.7. The summed E-state index contributed by atoms with van der Waals surface area (Å²) in [5, 5.41) is 0. The molecule has 5 heteroatoms. The van der Waals surface area contributed by atoms with E-state index >= 15 is 0 Å². The van der Waals surface area contributed by atoms with Gasteiger partial charge in [-0.3, -0.25) is 0 Å². The molecule has 116 valence electrons. The van der Waals surface area contributed by atoms with E-state index < -0.39 is 0 Å². The summed E-state index contributed by atoms with van der Waals surface area (Å²) in [5.41, 5.74) is 17.9. The fourth-order valence-corrected chi connectivity index (χ4v) is 3.87. The monoisotopic (exact) mass is 322 g/mol. The van der Waals surface area contributed by atoms with Gasteiger partial charge in [0, 0.05) is 17.9 Å². The van der Waals surface area contributed by atoms with Crippen molar-refractivity contribution in [2.24, 2.45) is 5.73 Å². The Bertz CT molecular complexity index is 827. The first-order valence-electron chi connectivity index (χ1n) is 7.54. The van der Waals surface area contributed by atoms with Crippen molar-refractivity contribution in [1.29, 1.82) is 0 Å². The Balaban J connectivity index is 2.09. The van der Waals surface area contributed by atoms with Gasteiger partial charge in [0.25, 0.3) is 0 Å². The van der Waals surface area contributed by atoms with Crippen LogP contribution in [0.1, 0.15) is 28.3 Å². The van der Waals surface area contributed by atoms with E-state index in [0.717, 1.165) is 34.5 Å². The van der Waals surface area contributed by atoms with Crippen molar-refractivity contribution in [3.8, 4) is 0 Å². The molecule has 4 rings (SSSR count). The molecular formula is C18H18N4S. The van der Waals surface area contributed by atoms with Crippen LogP contribution in [0.2, 0.25) is 0 Å². The third-order valence-electron chi connectivity index (χ3n) is 4.36. The maximum atomic E-state index is 6.53. The van der Waals surface area contributed by atoms with Crippen molar-refractivity contribution < 1.29 is 4.68 Å². The van der Waals surface area contributed by atoms with Crippen LogP contribution in [0.4, 0.5) is 0 Å². The Kier molecular flexibility index (Phi) is 3.39. The van der Waals surface area contributed by atoms with Crippen molar-refractivity contribution in [2.75, 3.05) is 6.26 Å². The number of nitrogens with zero attached hydrogens (tertiary/aromatic N) is 3. The number of fused-ring (bicyclic) bond motifs is 4. The lowest BCUT2D eigenvalue weighted by Gasteiger charge is -2.27. The molecule has 1 unspecified atom stereocenters. The summed E-state index contributed by atoms with van der Waals surface area (Å²) in [4.78, 5) is 0. The average Bonchev–Trinajstić information content (AvgIpc) is 2.90. The van der Waals surface area contributed by atoms with Crippen LogP contribution in [-0.2, 0) is 6.42 Å². The summed E-state index contributed by atoms with van der Waals surface area (Å²) in [6.07, 6.45) is 2.82. The highest BCUT2D eigenvalue weighted by Gasteiger charge is 2.33. The van der Waals surface area contributed by atoms with Crippen LogP contribution in [0.3, 0.4) is 0 Å². The van der Waals surface area contributed by atoms with E-state index in [9.17, 15) is 0 Å². The highest BCUT2D eigenvalue weighted by Crippen LogP contribution is 2.46. The van der Waals surface area contributed by atoms with Crippen molar-refractivity contribution in [2.45, 2.75) is 12.5 Å². The molecule has 1 atom stereocenters. The molecular weight excluding hydrogens is 304 g/mol. The highest BCUT2D eigenvalue weighted by molar-refractivity contribution is 7.96. The van der Waals surface area contributed by atoms with Crippen LogP contribution < -0.4 is 5.73 Å². The van der Waals surface area contributed by atoms with Gasteiger partial charge in [-0.1, -0.05) is 54.4 Å². The van der Waals surface area contributed by atoms with E-state index in [1.54, 1.807) is 16.6 Å². The normalized spacial score (nSPS) is 19.5.